The lowest BCUT2D eigenvalue weighted by Crippen LogP contribution is -1.69. The maximum absolute atomic E-state index is 6.96. The summed E-state index contributed by atoms with van der Waals surface area (Å²) in [5, 5.41) is 0. The van der Waals surface area contributed by atoms with Crippen LogP contribution in [0.3, 0.4) is 0 Å². The van der Waals surface area contributed by atoms with Crippen molar-refractivity contribution in [3.8, 4) is 20.2 Å². The van der Waals surface area contributed by atoms with E-state index < -0.39 is 0 Å². The topological polar surface area (TPSA) is 4.36 Å². The van der Waals surface area contributed by atoms with Gasteiger partial charge >= 0.3 is 0 Å². The van der Waals surface area contributed by atoms with Crippen molar-refractivity contribution in [1.82, 2.24) is 0 Å². The smallest absolute Gasteiger partial charge is 0.187 e. The summed E-state index contributed by atoms with van der Waals surface area (Å²) in [7, 11) is 0. The van der Waals surface area contributed by atoms with E-state index in [1.54, 1.807) is 22.7 Å². The minimum Gasteiger partial charge on any atom is -0.238 e. The zero-order valence-electron chi connectivity index (χ0n) is 9.76. The minimum atomic E-state index is 0.683. The molecule has 0 aliphatic rings. The molecule has 2 heterocycles. The van der Waals surface area contributed by atoms with Crippen LogP contribution in [0.2, 0.25) is 0 Å². The van der Waals surface area contributed by atoms with E-state index in [4.69, 9.17) is 6.57 Å². The number of benzene rings is 1. The number of thiophene rings is 2. The third-order valence-electron chi connectivity index (χ3n) is 2.70. The van der Waals surface area contributed by atoms with E-state index >= 15 is 0 Å². The quantitative estimate of drug-likeness (QED) is 0.469. The lowest BCUT2D eigenvalue weighted by Gasteiger charge is -1.96. The Bertz CT molecular complexity index is 747. The van der Waals surface area contributed by atoms with E-state index in [0.717, 1.165) is 3.79 Å². The molecule has 0 aliphatic carbocycles. The summed E-state index contributed by atoms with van der Waals surface area (Å²) in [6.07, 6.45) is 0. The van der Waals surface area contributed by atoms with E-state index in [1.165, 1.54) is 20.2 Å². The largest absolute Gasteiger partial charge is 0.238 e. The van der Waals surface area contributed by atoms with E-state index in [0.29, 0.717) is 5.69 Å². The third kappa shape index (κ3) is 2.64. The number of rotatable bonds is 2. The fourth-order valence-electron chi connectivity index (χ4n) is 1.77. The molecule has 0 saturated carbocycles. The minimum absolute atomic E-state index is 0.683. The summed E-state index contributed by atoms with van der Waals surface area (Å²) in [5.41, 5.74) is 1.85. The molecular weight excluding hydrogens is 338 g/mol. The molecule has 1 nitrogen and oxygen atoms in total. The molecule has 2 aromatic heterocycles. The Morgan fingerprint density at radius 3 is 2.05 bits per heavy atom. The number of nitrogens with zero attached hydrogens (tertiary/aromatic N) is 1. The van der Waals surface area contributed by atoms with Gasteiger partial charge in [0, 0.05) is 14.6 Å². The highest BCUT2D eigenvalue weighted by molar-refractivity contribution is 9.11. The van der Waals surface area contributed by atoms with Crippen LogP contribution in [0.4, 0.5) is 5.69 Å². The number of halogens is 1. The lowest BCUT2D eigenvalue weighted by molar-refractivity contribution is 1.70. The zero-order valence-corrected chi connectivity index (χ0v) is 13.0. The van der Waals surface area contributed by atoms with Gasteiger partial charge in [0.1, 0.15) is 0 Å². The van der Waals surface area contributed by atoms with Crippen LogP contribution in [0.25, 0.3) is 25.0 Å². The molecule has 0 spiro atoms. The fourth-order valence-corrected chi connectivity index (χ4v) is 4.26. The van der Waals surface area contributed by atoms with E-state index in [9.17, 15) is 0 Å². The van der Waals surface area contributed by atoms with Crippen LogP contribution < -0.4 is 0 Å². The van der Waals surface area contributed by atoms with Crippen molar-refractivity contribution in [3.63, 3.8) is 0 Å². The predicted octanol–water partition coefficient (Wildman–Crippen LogP) is 6.46. The van der Waals surface area contributed by atoms with Crippen molar-refractivity contribution < 1.29 is 0 Å². The summed E-state index contributed by atoms with van der Waals surface area (Å²) in [4.78, 5) is 7.20. The highest BCUT2D eigenvalue weighted by atomic mass is 79.9. The lowest BCUT2D eigenvalue weighted by atomic mass is 10.2. The first-order chi connectivity index (χ1) is 9.26. The van der Waals surface area contributed by atoms with Gasteiger partial charge in [-0.15, -0.1) is 22.7 Å². The van der Waals surface area contributed by atoms with Crippen LogP contribution in [0.1, 0.15) is 0 Å². The average Bonchev–Trinajstić information content (AvgIpc) is 3.07. The van der Waals surface area contributed by atoms with Crippen LogP contribution in [-0.4, -0.2) is 0 Å². The van der Waals surface area contributed by atoms with Gasteiger partial charge in [-0.25, -0.2) is 4.85 Å². The first-order valence-electron chi connectivity index (χ1n) is 5.60. The summed E-state index contributed by atoms with van der Waals surface area (Å²) in [5.74, 6) is 0. The summed E-state index contributed by atoms with van der Waals surface area (Å²) >= 11 is 7.01. The van der Waals surface area contributed by atoms with Gasteiger partial charge in [-0.05, 0) is 45.8 Å². The van der Waals surface area contributed by atoms with Crippen LogP contribution in [0, 0.1) is 6.57 Å². The Labute approximate surface area is 128 Å². The SMILES string of the molecule is [C-]#[N+]c1ccc(-c2ccc(-c3ccc(Br)s3)s2)cc1. The molecule has 0 saturated heterocycles. The highest BCUT2D eigenvalue weighted by Gasteiger charge is 2.07. The second kappa shape index (κ2) is 5.30. The van der Waals surface area contributed by atoms with Crippen LogP contribution in [0.5, 0.6) is 0 Å². The van der Waals surface area contributed by atoms with E-state index in [2.05, 4.69) is 45.0 Å². The van der Waals surface area contributed by atoms with Crippen LogP contribution >= 0.6 is 38.6 Å². The zero-order chi connectivity index (χ0) is 13.2. The van der Waals surface area contributed by atoms with Gasteiger partial charge in [0.2, 0.25) is 0 Å². The molecule has 0 radical (unpaired) electrons. The maximum atomic E-state index is 6.96. The second-order valence-electron chi connectivity index (χ2n) is 3.93. The van der Waals surface area contributed by atoms with Crippen molar-refractivity contribution in [2.75, 3.05) is 0 Å². The van der Waals surface area contributed by atoms with Crippen molar-refractivity contribution in [1.29, 1.82) is 0 Å². The van der Waals surface area contributed by atoms with Gasteiger partial charge in [0.05, 0.1) is 10.4 Å². The molecule has 4 heteroatoms. The first-order valence-corrected chi connectivity index (χ1v) is 8.02. The Morgan fingerprint density at radius 1 is 0.789 bits per heavy atom. The Morgan fingerprint density at radius 2 is 1.42 bits per heavy atom. The van der Waals surface area contributed by atoms with Crippen LogP contribution in [-0.2, 0) is 0 Å². The summed E-state index contributed by atoms with van der Waals surface area (Å²) in [6.45, 7) is 6.96. The monoisotopic (exact) mass is 345 g/mol. The van der Waals surface area contributed by atoms with Gasteiger partial charge in [0.25, 0.3) is 0 Å². The molecule has 0 aliphatic heterocycles. The van der Waals surface area contributed by atoms with Gasteiger partial charge < -0.3 is 0 Å². The first kappa shape index (κ1) is 12.6. The second-order valence-corrected chi connectivity index (χ2v) is 7.47. The third-order valence-corrected chi connectivity index (χ3v) is 5.66. The highest BCUT2D eigenvalue weighted by Crippen LogP contribution is 2.39. The van der Waals surface area contributed by atoms with Crippen molar-refractivity contribution in [2.45, 2.75) is 0 Å². The average molecular weight is 346 g/mol. The molecule has 3 rings (SSSR count). The standard InChI is InChI=1S/C15H8BrNS2/c1-17-11-4-2-10(3-5-11)12-6-7-13(18-12)14-8-9-15(16)19-14/h2-9H. The molecule has 0 unspecified atom stereocenters. The van der Waals surface area contributed by atoms with Crippen molar-refractivity contribution in [2.24, 2.45) is 0 Å². The molecule has 0 amide bonds. The molecular formula is C15H8BrNS2. The van der Waals surface area contributed by atoms with Crippen LogP contribution in [0.15, 0.2) is 52.3 Å². The molecule has 1 aromatic carbocycles. The van der Waals surface area contributed by atoms with Gasteiger partial charge in [-0.1, -0.05) is 24.3 Å². The Balaban J connectivity index is 1.94. The Hall–Kier alpha value is -1.41. The predicted molar refractivity (Wildman–Crippen MR) is 87.0 cm³/mol. The van der Waals surface area contributed by atoms with Crippen molar-refractivity contribution >= 4 is 44.3 Å². The molecule has 0 fully saturated rings. The number of hydrogen-bond donors (Lipinski definition) is 0. The van der Waals surface area contributed by atoms with E-state index in [-0.39, 0.29) is 0 Å². The Kier molecular flexibility index (Phi) is 3.52. The van der Waals surface area contributed by atoms with Gasteiger partial charge in [-0.3, -0.25) is 0 Å². The molecule has 0 atom stereocenters. The van der Waals surface area contributed by atoms with Gasteiger partial charge in [-0.2, -0.15) is 0 Å². The normalized spacial score (nSPS) is 10.3. The van der Waals surface area contributed by atoms with E-state index in [1.807, 2.05) is 24.3 Å². The molecule has 0 N–H and O–H groups in total. The van der Waals surface area contributed by atoms with Crippen molar-refractivity contribution in [3.05, 3.63) is 63.7 Å². The molecule has 3 aromatic rings. The summed E-state index contributed by atoms with van der Waals surface area (Å²) < 4.78 is 1.15. The number of hydrogen-bond acceptors (Lipinski definition) is 2. The molecule has 92 valence electrons. The summed E-state index contributed by atoms with van der Waals surface area (Å²) in [6, 6.07) is 16.2. The molecule has 0 bridgehead atoms. The van der Waals surface area contributed by atoms with Gasteiger partial charge in [0.15, 0.2) is 5.69 Å². The fraction of sp³-hybridized carbons (Fsp3) is 0. The maximum Gasteiger partial charge on any atom is 0.187 e. The molecule has 19 heavy (non-hydrogen) atoms.